The standard InChI is InChI=1S/C7H12F2O4/c1-2-13-5(7(10)11)3-12-4-6(8)9/h5-6H,2-4H2,1H3,(H,10,11). The molecule has 0 saturated heterocycles. The van der Waals surface area contributed by atoms with Gasteiger partial charge in [0.05, 0.1) is 6.61 Å². The molecule has 1 unspecified atom stereocenters. The van der Waals surface area contributed by atoms with Gasteiger partial charge in [-0.2, -0.15) is 0 Å². The number of carboxylic acid groups (broad SMARTS) is 1. The van der Waals surface area contributed by atoms with Gasteiger partial charge in [-0.25, -0.2) is 13.6 Å². The normalized spacial score (nSPS) is 13.2. The van der Waals surface area contributed by atoms with Gasteiger partial charge in [-0.05, 0) is 6.92 Å². The van der Waals surface area contributed by atoms with Crippen molar-refractivity contribution in [3.63, 3.8) is 0 Å². The fourth-order valence-corrected chi connectivity index (χ4v) is 0.656. The number of hydrogen-bond acceptors (Lipinski definition) is 3. The molecule has 0 spiro atoms. The van der Waals surface area contributed by atoms with Crippen LogP contribution in [0.1, 0.15) is 6.92 Å². The first-order chi connectivity index (χ1) is 6.07. The number of aliphatic carboxylic acids is 1. The maximum atomic E-state index is 11.6. The lowest BCUT2D eigenvalue weighted by molar-refractivity contribution is -0.155. The van der Waals surface area contributed by atoms with E-state index >= 15 is 0 Å². The van der Waals surface area contributed by atoms with Crippen LogP contribution in [0, 0.1) is 0 Å². The molecule has 0 rings (SSSR count). The van der Waals surface area contributed by atoms with Gasteiger partial charge in [-0.3, -0.25) is 0 Å². The second-order valence-corrected chi connectivity index (χ2v) is 2.21. The third kappa shape index (κ3) is 6.41. The largest absolute Gasteiger partial charge is 0.479 e. The molecular formula is C7H12F2O4. The van der Waals surface area contributed by atoms with Crippen molar-refractivity contribution in [2.24, 2.45) is 0 Å². The predicted molar refractivity (Wildman–Crippen MR) is 39.9 cm³/mol. The maximum Gasteiger partial charge on any atom is 0.335 e. The van der Waals surface area contributed by atoms with Crippen LogP contribution in [0.5, 0.6) is 0 Å². The van der Waals surface area contributed by atoms with Gasteiger partial charge in [-0.15, -0.1) is 0 Å². The molecule has 0 heterocycles. The number of ether oxygens (including phenoxy) is 2. The van der Waals surface area contributed by atoms with Crippen molar-refractivity contribution >= 4 is 5.97 Å². The minimum atomic E-state index is -2.59. The van der Waals surface area contributed by atoms with Gasteiger partial charge >= 0.3 is 5.97 Å². The molecule has 4 nitrogen and oxygen atoms in total. The molecule has 1 atom stereocenters. The molecule has 0 bridgehead atoms. The van der Waals surface area contributed by atoms with Gasteiger partial charge in [0.15, 0.2) is 6.10 Å². The summed E-state index contributed by atoms with van der Waals surface area (Å²) in [5.74, 6) is -1.21. The highest BCUT2D eigenvalue weighted by molar-refractivity contribution is 5.72. The quantitative estimate of drug-likeness (QED) is 0.656. The minimum Gasteiger partial charge on any atom is -0.479 e. The Morgan fingerprint density at radius 1 is 1.46 bits per heavy atom. The van der Waals surface area contributed by atoms with Gasteiger partial charge in [0.1, 0.15) is 6.61 Å². The van der Waals surface area contributed by atoms with Crippen LogP contribution in [0.15, 0.2) is 0 Å². The fraction of sp³-hybridized carbons (Fsp3) is 0.857. The smallest absolute Gasteiger partial charge is 0.335 e. The van der Waals surface area contributed by atoms with E-state index in [2.05, 4.69) is 4.74 Å². The van der Waals surface area contributed by atoms with Crippen molar-refractivity contribution in [1.82, 2.24) is 0 Å². The van der Waals surface area contributed by atoms with Crippen molar-refractivity contribution in [1.29, 1.82) is 0 Å². The number of rotatable bonds is 7. The summed E-state index contributed by atoms with van der Waals surface area (Å²) in [5.41, 5.74) is 0. The first-order valence-electron chi connectivity index (χ1n) is 3.78. The minimum absolute atomic E-state index is 0.203. The Bertz CT molecular complexity index is 151. The summed E-state index contributed by atoms with van der Waals surface area (Å²) in [6.07, 6.45) is -3.75. The molecule has 0 aliphatic heterocycles. The van der Waals surface area contributed by atoms with E-state index in [4.69, 9.17) is 9.84 Å². The lowest BCUT2D eigenvalue weighted by Crippen LogP contribution is -2.30. The lowest BCUT2D eigenvalue weighted by Gasteiger charge is -2.12. The molecule has 13 heavy (non-hydrogen) atoms. The number of alkyl halides is 2. The monoisotopic (exact) mass is 198 g/mol. The summed E-state index contributed by atoms with van der Waals surface area (Å²) in [7, 11) is 0. The highest BCUT2D eigenvalue weighted by Gasteiger charge is 2.18. The summed E-state index contributed by atoms with van der Waals surface area (Å²) in [6, 6.07) is 0. The highest BCUT2D eigenvalue weighted by Crippen LogP contribution is 1.97. The number of hydrogen-bond donors (Lipinski definition) is 1. The molecule has 0 fully saturated rings. The summed E-state index contributed by atoms with van der Waals surface area (Å²) >= 11 is 0. The van der Waals surface area contributed by atoms with Crippen molar-refractivity contribution in [3.05, 3.63) is 0 Å². The zero-order valence-corrected chi connectivity index (χ0v) is 7.20. The number of carboxylic acids is 1. The van der Waals surface area contributed by atoms with Gasteiger partial charge in [-0.1, -0.05) is 0 Å². The van der Waals surface area contributed by atoms with E-state index in [1.54, 1.807) is 6.92 Å². The summed E-state index contributed by atoms with van der Waals surface area (Å²) in [5, 5.41) is 8.48. The topological polar surface area (TPSA) is 55.8 Å². The van der Waals surface area contributed by atoms with Gasteiger partial charge in [0.25, 0.3) is 6.43 Å². The first-order valence-corrected chi connectivity index (χ1v) is 3.78. The fourth-order valence-electron chi connectivity index (χ4n) is 0.656. The third-order valence-electron chi connectivity index (χ3n) is 1.16. The summed E-state index contributed by atoms with van der Waals surface area (Å²) in [4.78, 5) is 10.4. The van der Waals surface area contributed by atoms with E-state index in [1.165, 1.54) is 0 Å². The Morgan fingerprint density at radius 2 is 2.08 bits per heavy atom. The molecule has 0 radical (unpaired) electrons. The Kier molecular flexibility index (Phi) is 6.34. The van der Waals surface area contributed by atoms with Crippen LogP contribution in [0.3, 0.4) is 0 Å². The van der Waals surface area contributed by atoms with Crippen molar-refractivity contribution in [2.75, 3.05) is 19.8 Å². The molecule has 0 saturated carbocycles. The zero-order valence-electron chi connectivity index (χ0n) is 7.20. The molecule has 0 aromatic carbocycles. The molecule has 0 aliphatic carbocycles. The van der Waals surface area contributed by atoms with Crippen LogP contribution in [0.25, 0.3) is 0 Å². The number of carbonyl (C=O) groups is 1. The summed E-state index contributed by atoms with van der Waals surface area (Å²) < 4.78 is 32.2. The van der Waals surface area contributed by atoms with E-state index in [0.717, 1.165) is 0 Å². The maximum absolute atomic E-state index is 11.6. The average molecular weight is 198 g/mol. The molecule has 6 heteroatoms. The Labute approximate surface area is 74.4 Å². The predicted octanol–water partition coefficient (Wildman–Crippen LogP) is 0.758. The van der Waals surface area contributed by atoms with Crippen LogP contribution in [0.4, 0.5) is 8.78 Å². The second-order valence-electron chi connectivity index (χ2n) is 2.21. The Balaban J connectivity index is 3.63. The molecule has 0 aliphatic rings. The van der Waals surface area contributed by atoms with Gasteiger partial charge in [0.2, 0.25) is 0 Å². The van der Waals surface area contributed by atoms with Crippen molar-refractivity contribution < 1.29 is 28.2 Å². The molecule has 0 aromatic heterocycles. The van der Waals surface area contributed by atoms with Gasteiger partial charge in [0, 0.05) is 6.61 Å². The molecule has 78 valence electrons. The zero-order chi connectivity index (χ0) is 10.3. The van der Waals surface area contributed by atoms with Crippen molar-refractivity contribution in [3.8, 4) is 0 Å². The third-order valence-corrected chi connectivity index (χ3v) is 1.16. The highest BCUT2D eigenvalue weighted by atomic mass is 19.3. The van der Waals surface area contributed by atoms with E-state index in [0.29, 0.717) is 0 Å². The first kappa shape index (κ1) is 12.2. The van der Waals surface area contributed by atoms with Crippen LogP contribution in [-0.2, 0) is 14.3 Å². The SMILES string of the molecule is CCOC(COCC(F)F)C(=O)O. The van der Waals surface area contributed by atoms with E-state index in [-0.39, 0.29) is 13.2 Å². The average Bonchev–Trinajstić information content (AvgIpc) is 2.02. The number of halogens is 2. The summed E-state index contributed by atoms with van der Waals surface area (Å²) in [6.45, 7) is 0.697. The van der Waals surface area contributed by atoms with E-state index in [9.17, 15) is 13.6 Å². The molecular weight excluding hydrogens is 186 g/mol. The van der Waals surface area contributed by atoms with E-state index < -0.39 is 25.1 Å². The van der Waals surface area contributed by atoms with Crippen LogP contribution in [-0.4, -0.2) is 43.4 Å². The molecule has 0 aromatic rings. The molecule has 0 amide bonds. The van der Waals surface area contributed by atoms with E-state index in [1.807, 2.05) is 0 Å². The lowest BCUT2D eigenvalue weighted by atomic mass is 10.4. The Hall–Kier alpha value is -0.750. The van der Waals surface area contributed by atoms with Gasteiger partial charge < -0.3 is 14.6 Å². The van der Waals surface area contributed by atoms with Crippen LogP contribution >= 0.6 is 0 Å². The molecule has 1 N–H and O–H groups in total. The van der Waals surface area contributed by atoms with Crippen LogP contribution in [0.2, 0.25) is 0 Å². The van der Waals surface area contributed by atoms with Crippen molar-refractivity contribution in [2.45, 2.75) is 19.5 Å². The second kappa shape index (κ2) is 6.73. The van der Waals surface area contributed by atoms with Crippen LogP contribution < -0.4 is 0 Å². The Morgan fingerprint density at radius 3 is 2.46 bits per heavy atom.